The van der Waals surface area contributed by atoms with Gasteiger partial charge in [-0.15, -0.1) is 0 Å². The fraction of sp³-hybridized carbons (Fsp3) is 0.381. The van der Waals surface area contributed by atoms with Crippen LogP contribution in [0, 0.1) is 0 Å². The third kappa shape index (κ3) is 3.59. The second kappa shape index (κ2) is 7.48. The van der Waals surface area contributed by atoms with E-state index in [0.29, 0.717) is 29.4 Å². The van der Waals surface area contributed by atoms with Crippen molar-refractivity contribution in [1.29, 1.82) is 0 Å². The second-order valence-corrected chi connectivity index (χ2v) is 7.50. The summed E-state index contributed by atoms with van der Waals surface area (Å²) in [6.45, 7) is 4.16. The minimum atomic E-state index is -4.42. The Labute approximate surface area is 171 Å². The van der Waals surface area contributed by atoms with E-state index < -0.39 is 11.7 Å². The molecular weight excluding hydrogens is 397 g/mol. The molecule has 1 fully saturated rings. The molecule has 3 aromatic rings. The standard InChI is InChI=1S/C21H21F3N4O2/c22-21(23,24)15-3-5-19-26-20(14-2-4-17-18(10-14)30-13-29-17)16(28(19)11-15)12-27-8-1-6-25-7-9-27/h2-5,10-11,25H,1,6-9,12-13H2. The van der Waals surface area contributed by atoms with Crippen molar-refractivity contribution in [2.75, 3.05) is 33.0 Å². The summed E-state index contributed by atoms with van der Waals surface area (Å²) in [6, 6.07) is 8.01. The molecule has 5 rings (SSSR count). The van der Waals surface area contributed by atoms with Crippen LogP contribution in [0.2, 0.25) is 0 Å². The molecule has 2 aliphatic heterocycles. The van der Waals surface area contributed by atoms with E-state index in [2.05, 4.69) is 15.2 Å². The maximum atomic E-state index is 13.4. The summed E-state index contributed by atoms with van der Waals surface area (Å²) in [5.41, 5.74) is 1.98. The topological polar surface area (TPSA) is 51.0 Å². The summed E-state index contributed by atoms with van der Waals surface area (Å²) >= 11 is 0. The molecule has 0 spiro atoms. The van der Waals surface area contributed by atoms with Gasteiger partial charge >= 0.3 is 6.18 Å². The summed E-state index contributed by atoms with van der Waals surface area (Å²) in [5, 5.41) is 3.35. The number of nitrogens with zero attached hydrogens (tertiary/aromatic N) is 3. The quantitative estimate of drug-likeness (QED) is 0.705. The van der Waals surface area contributed by atoms with E-state index in [9.17, 15) is 13.2 Å². The molecular formula is C21H21F3N4O2. The highest BCUT2D eigenvalue weighted by atomic mass is 19.4. The number of pyridine rings is 1. The first kappa shape index (κ1) is 19.2. The maximum absolute atomic E-state index is 13.4. The van der Waals surface area contributed by atoms with Crippen molar-refractivity contribution in [1.82, 2.24) is 19.6 Å². The number of ether oxygens (including phenoxy) is 2. The lowest BCUT2D eigenvalue weighted by atomic mass is 10.1. The summed E-state index contributed by atoms with van der Waals surface area (Å²) in [4.78, 5) is 6.93. The lowest BCUT2D eigenvalue weighted by molar-refractivity contribution is -0.137. The van der Waals surface area contributed by atoms with Crippen LogP contribution < -0.4 is 14.8 Å². The molecule has 1 saturated heterocycles. The van der Waals surface area contributed by atoms with Gasteiger partial charge in [0, 0.05) is 31.4 Å². The first-order valence-corrected chi connectivity index (χ1v) is 9.90. The molecule has 30 heavy (non-hydrogen) atoms. The highest BCUT2D eigenvalue weighted by Crippen LogP contribution is 2.37. The Kier molecular flexibility index (Phi) is 4.79. The first-order chi connectivity index (χ1) is 14.5. The third-order valence-corrected chi connectivity index (χ3v) is 5.50. The number of aromatic nitrogens is 2. The van der Waals surface area contributed by atoms with E-state index in [4.69, 9.17) is 9.47 Å². The Morgan fingerprint density at radius 3 is 2.77 bits per heavy atom. The van der Waals surface area contributed by atoms with Gasteiger partial charge in [-0.05, 0) is 49.8 Å². The van der Waals surface area contributed by atoms with Crippen LogP contribution in [0.25, 0.3) is 16.9 Å². The van der Waals surface area contributed by atoms with E-state index in [1.165, 1.54) is 6.07 Å². The van der Waals surface area contributed by atoms with Crippen LogP contribution in [0.5, 0.6) is 11.5 Å². The van der Waals surface area contributed by atoms with E-state index in [1.54, 1.807) is 4.40 Å². The number of hydrogen-bond acceptors (Lipinski definition) is 5. The summed E-state index contributed by atoms with van der Waals surface area (Å²) in [6.07, 6.45) is -2.28. The predicted octanol–water partition coefficient (Wildman–Crippen LogP) is 3.54. The molecule has 4 heterocycles. The van der Waals surface area contributed by atoms with Crippen molar-refractivity contribution in [3.05, 3.63) is 47.8 Å². The molecule has 1 aromatic carbocycles. The van der Waals surface area contributed by atoms with Gasteiger partial charge in [0.15, 0.2) is 11.5 Å². The molecule has 0 saturated carbocycles. The molecule has 1 N–H and O–H groups in total. The maximum Gasteiger partial charge on any atom is 0.417 e. The fourth-order valence-electron chi connectivity index (χ4n) is 3.96. The van der Waals surface area contributed by atoms with Crippen molar-refractivity contribution in [2.24, 2.45) is 0 Å². The SMILES string of the molecule is FC(F)(F)c1ccc2nc(-c3ccc4c(c3)OCO4)c(CN3CCCNCC3)n2c1. The van der Waals surface area contributed by atoms with Gasteiger partial charge in [-0.2, -0.15) is 13.2 Å². The molecule has 0 amide bonds. The normalized spacial score (nSPS) is 17.4. The van der Waals surface area contributed by atoms with Gasteiger partial charge in [-0.1, -0.05) is 0 Å². The highest BCUT2D eigenvalue weighted by molar-refractivity contribution is 5.70. The van der Waals surface area contributed by atoms with Gasteiger partial charge in [0.25, 0.3) is 0 Å². The third-order valence-electron chi connectivity index (χ3n) is 5.50. The van der Waals surface area contributed by atoms with Crippen molar-refractivity contribution in [3.63, 3.8) is 0 Å². The number of fused-ring (bicyclic) bond motifs is 2. The van der Waals surface area contributed by atoms with E-state index in [-0.39, 0.29) is 6.79 Å². The van der Waals surface area contributed by atoms with Gasteiger partial charge in [0.1, 0.15) is 5.65 Å². The van der Waals surface area contributed by atoms with Crippen LogP contribution in [-0.2, 0) is 12.7 Å². The fourth-order valence-corrected chi connectivity index (χ4v) is 3.96. The molecule has 158 valence electrons. The Hall–Kier alpha value is -2.78. The number of rotatable bonds is 3. The van der Waals surface area contributed by atoms with Crippen LogP contribution in [-0.4, -0.2) is 47.3 Å². The first-order valence-electron chi connectivity index (χ1n) is 9.90. The van der Waals surface area contributed by atoms with Crippen molar-refractivity contribution in [3.8, 4) is 22.8 Å². The van der Waals surface area contributed by atoms with Crippen molar-refractivity contribution >= 4 is 5.65 Å². The molecule has 9 heteroatoms. The zero-order valence-corrected chi connectivity index (χ0v) is 16.2. The minimum absolute atomic E-state index is 0.159. The van der Waals surface area contributed by atoms with E-state index >= 15 is 0 Å². The van der Waals surface area contributed by atoms with Crippen molar-refractivity contribution < 1.29 is 22.6 Å². The minimum Gasteiger partial charge on any atom is -0.454 e. The molecule has 0 atom stereocenters. The molecule has 2 aliphatic rings. The van der Waals surface area contributed by atoms with Crippen LogP contribution >= 0.6 is 0 Å². The monoisotopic (exact) mass is 418 g/mol. The summed E-state index contributed by atoms with van der Waals surface area (Å²) in [7, 11) is 0. The molecule has 0 radical (unpaired) electrons. The zero-order valence-electron chi connectivity index (χ0n) is 16.2. The Bertz CT molecular complexity index is 1070. The van der Waals surface area contributed by atoms with Crippen LogP contribution in [0.4, 0.5) is 13.2 Å². The number of halogens is 3. The van der Waals surface area contributed by atoms with Crippen LogP contribution in [0.3, 0.4) is 0 Å². The number of hydrogen-bond donors (Lipinski definition) is 1. The average Bonchev–Trinajstić information content (AvgIpc) is 3.23. The number of benzene rings is 1. The lowest BCUT2D eigenvalue weighted by Crippen LogP contribution is -2.28. The van der Waals surface area contributed by atoms with Crippen LogP contribution in [0.1, 0.15) is 17.7 Å². The van der Waals surface area contributed by atoms with Crippen LogP contribution in [0.15, 0.2) is 36.5 Å². The average molecular weight is 418 g/mol. The smallest absolute Gasteiger partial charge is 0.417 e. The molecule has 0 unspecified atom stereocenters. The van der Waals surface area contributed by atoms with Crippen molar-refractivity contribution in [2.45, 2.75) is 19.1 Å². The molecule has 0 bridgehead atoms. The lowest BCUT2D eigenvalue weighted by Gasteiger charge is -2.20. The van der Waals surface area contributed by atoms with Gasteiger partial charge in [0.05, 0.1) is 17.0 Å². The second-order valence-electron chi connectivity index (χ2n) is 7.50. The van der Waals surface area contributed by atoms with Gasteiger partial charge in [-0.25, -0.2) is 4.98 Å². The largest absolute Gasteiger partial charge is 0.454 e. The van der Waals surface area contributed by atoms with E-state index in [1.807, 2.05) is 18.2 Å². The van der Waals surface area contributed by atoms with Gasteiger partial charge in [0.2, 0.25) is 6.79 Å². The highest BCUT2D eigenvalue weighted by Gasteiger charge is 2.31. The number of nitrogens with one attached hydrogen (secondary N) is 1. The van der Waals surface area contributed by atoms with E-state index in [0.717, 1.165) is 56.1 Å². The molecule has 6 nitrogen and oxygen atoms in total. The predicted molar refractivity (Wildman–Crippen MR) is 105 cm³/mol. The Morgan fingerprint density at radius 1 is 1.03 bits per heavy atom. The number of imidazole rings is 1. The zero-order chi connectivity index (χ0) is 20.7. The van der Waals surface area contributed by atoms with Gasteiger partial charge in [-0.3, -0.25) is 4.90 Å². The van der Waals surface area contributed by atoms with Gasteiger partial charge < -0.3 is 19.2 Å². The molecule has 0 aliphatic carbocycles. The Balaban J connectivity index is 1.63. The molecule has 2 aromatic heterocycles. The number of alkyl halides is 3. The Morgan fingerprint density at radius 2 is 1.90 bits per heavy atom. The summed E-state index contributed by atoms with van der Waals surface area (Å²) in [5.74, 6) is 1.27. The summed E-state index contributed by atoms with van der Waals surface area (Å²) < 4.78 is 52.5.